The van der Waals surface area contributed by atoms with Gasteiger partial charge in [0.05, 0.1) is 24.4 Å². The highest BCUT2D eigenvalue weighted by molar-refractivity contribution is 5.84. The summed E-state index contributed by atoms with van der Waals surface area (Å²) in [4.78, 5) is 0. The Morgan fingerprint density at radius 1 is 0.787 bits per heavy atom. The van der Waals surface area contributed by atoms with Crippen molar-refractivity contribution >= 4 is 10.9 Å². The zero-order valence-electron chi connectivity index (χ0n) is 29.5. The van der Waals surface area contributed by atoms with Gasteiger partial charge in [-0.1, -0.05) is 84.6 Å². The number of benzene rings is 2. The summed E-state index contributed by atoms with van der Waals surface area (Å²) in [6, 6.07) is 13.2. The summed E-state index contributed by atoms with van der Waals surface area (Å²) in [6.45, 7) is 14.2. The van der Waals surface area contributed by atoms with Gasteiger partial charge in [-0.25, -0.2) is 0 Å². The minimum atomic E-state index is -1.16. The van der Waals surface area contributed by atoms with Crippen LogP contribution in [0.25, 0.3) is 10.9 Å². The maximum Gasteiger partial charge on any atom is 0.225 e. The standard InChI is InChI=1S/C39H58N2O6/c1-6-11-19-42-27-35-36(43-20-12-7-2)37(44-21-13-8-3)38(45-22-14-9-4)39(47-35)32-25-31-33(23-29-17-15-28(10-5)16-18-29)40-41-34(31)24-30(32)26-46-39/h15-18,24-25,35-38H,6-14,19-23,26-27H2,1-5H3,(H,40,41)/t35-,36-,37+,38-,39+/m1/s1. The van der Waals surface area contributed by atoms with Gasteiger partial charge in [-0.2, -0.15) is 5.10 Å². The molecule has 0 unspecified atom stereocenters. The first-order chi connectivity index (χ1) is 23.1. The van der Waals surface area contributed by atoms with Crippen molar-refractivity contribution in [3.05, 3.63) is 64.3 Å². The Morgan fingerprint density at radius 2 is 1.43 bits per heavy atom. The number of nitrogens with zero attached hydrogens (tertiary/aromatic N) is 1. The van der Waals surface area contributed by atoms with E-state index in [1.165, 1.54) is 11.1 Å². The lowest BCUT2D eigenvalue weighted by Gasteiger charge is -2.51. The number of unbranched alkanes of at least 4 members (excludes halogenated alkanes) is 4. The number of aryl methyl sites for hydroxylation is 1. The lowest BCUT2D eigenvalue weighted by Crippen LogP contribution is -2.66. The number of aromatic nitrogens is 2. The van der Waals surface area contributed by atoms with Gasteiger partial charge in [0, 0.05) is 43.8 Å². The molecule has 3 aromatic rings. The Kier molecular flexibility index (Phi) is 13.7. The molecule has 8 nitrogen and oxygen atoms in total. The van der Waals surface area contributed by atoms with Crippen molar-refractivity contribution in [1.29, 1.82) is 0 Å². The molecular formula is C39H58N2O6. The molecule has 1 aromatic heterocycles. The number of hydrogen-bond donors (Lipinski definition) is 1. The highest BCUT2D eigenvalue weighted by atomic mass is 16.7. The topological polar surface area (TPSA) is 84.1 Å². The lowest BCUT2D eigenvalue weighted by molar-refractivity contribution is -0.384. The Hall–Kier alpha value is -2.33. The van der Waals surface area contributed by atoms with Gasteiger partial charge >= 0.3 is 0 Å². The van der Waals surface area contributed by atoms with Crippen LogP contribution >= 0.6 is 0 Å². The molecule has 1 N–H and O–H groups in total. The molecule has 1 saturated heterocycles. The van der Waals surface area contributed by atoms with E-state index in [2.05, 4.69) is 76.1 Å². The molecular weight excluding hydrogens is 592 g/mol. The number of hydrogen-bond acceptors (Lipinski definition) is 7. The molecule has 8 heteroatoms. The molecule has 0 radical (unpaired) electrons. The molecule has 1 fully saturated rings. The van der Waals surface area contributed by atoms with Crippen molar-refractivity contribution in [3.63, 3.8) is 0 Å². The van der Waals surface area contributed by atoms with Crippen molar-refractivity contribution in [2.45, 2.75) is 136 Å². The SMILES string of the molecule is CCCCOC[C@H]1O[C@]2(OCc3cc4[nH]nc(Cc5ccc(CC)cc5)c4cc32)[C@H](OCCCC)[C@@H](OCCCC)[C@@H]1OCCCC. The first kappa shape index (κ1) is 36.0. The van der Waals surface area contributed by atoms with Gasteiger partial charge in [0.2, 0.25) is 5.79 Å². The minimum absolute atomic E-state index is 0.343. The molecule has 0 saturated carbocycles. The van der Waals surface area contributed by atoms with E-state index in [4.69, 9.17) is 33.5 Å². The third-order valence-corrected chi connectivity index (χ3v) is 9.51. The van der Waals surface area contributed by atoms with Crippen LogP contribution in [0.3, 0.4) is 0 Å². The van der Waals surface area contributed by atoms with Crippen LogP contribution in [0.1, 0.15) is 114 Å². The van der Waals surface area contributed by atoms with Crippen LogP contribution in [-0.4, -0.2) is 67.6 Å². The molecule has 2 aromatic carbocycles. The maximum absolute atomic E-state index is 7.17. The minimum Gasteiger partial charge on any atom is -0.379 e. The third-order valence-electron chi connectivity index (χ3n) is 9.51. The molecule has 5 atom stereocenters. The molecule has 2 aliphatic rings. The number of rotatable bonds is 20. The summed E-state index contributed by atoms with van der Waals surface area (Å²) in [5.41, 5.74) is 6.64. The van der Waals surface area contributed by atoms with Crippen molar-refractivity contribution in [2.24, 2.45) is 0 Å². The van der Waals surface area contributed by atoms with Gasteiger partial charge in [-0.15, -0.1) is 0 Å². The van der Waals surface area contributed by atoms with Crippen LogP contribution in [0.15, 0.2) is 36.4 Å². The Balaban J connectivity index is 1.55. The first-order valence-corrected chi connectivity index (χ1v) is 18.4. The average Bonchev–Trinajstić information content (AvgIpc) is 3.65. The van der Waals surface area contributed by atoms with Crippen molar-refractivity contribution in [1.82, 2.24) is 10.2 Å². The van der Waals surface area contributed by atoms with Gasteiger partial charge in [0.15, 0.2) is 0 Å². The summed E-state index contributed by atoms with van der Waals surface area (Å²) < 4.78 is 40.5. The fourth-order valence-corrected chi connectivity index (χ4v) is 6.63. The summed E-state index contributed by atoms with van der Waals surface area (Å²) in [7, 11) is 0. The smallest absolute Gasteiger partial charge is 0.225 e. The number of fused-ring (bicyclic) bond motifs is 3. The molecule has 0 aliphatic carbocycles. The van der Waals surface area contributed by atoms with Crippen LogP contribution in [0.5, 0.6) is 0 Å². The Bertz CT molecular complexity index is 1360. The molecule has 47 heavy (non-hydrogen) atoms. The predicted molar refractivity (Wildman–Crippen MR) is 186 cm³/mol. The van der Waals surface area contributed by atoms with E-state index in [1.54, 1.807) is 0 Å². The van der Waals surface area contributed by atoms with E-state index < -0.39 is 11.9 Å². The fourth-order valence-electron chi connectivity index (χ4n) is 6.63. The van der Waals surface area contributed by atoms with Crippen LogP contribution in [-0.2, 0) is 53.7 Å². The normalized spacial score (nSPS) is 24.0. The second-order valence-electron chi connectivity index (χ2n) is 13.1. The number of H-pyrrole nitrogens is 1. The molecule has 5 rings (SSSR count). The lowest BCUT2D eigenvalue weighted by atomic mass is 9.86. The average molecular weight is 651 g/mol. The molecule has 2 aliphatic heterocycles. The number of ether oxygens (including phenoxy) is 6. The third kappa shape index (κ3) is 8.46. The molecule has 260 valence electrons. The molecule has 3 heterocycles. The quantitative estimate of drug-likeness (QED) is 0.124. The van der Waals surface area contributed by atoms with E-state index >= 15 is 0 Å². The fraction of sp³-hybridized carbons (Fsp3) is 0.667. The van der Waals surface area contributed by atoms with E-state index in [-0.39, 0.29) is 18.3 Å². The van der Waals surface area contributed by atoms with E-state index in [0.29, 0.717) is 39.6 Å². The predicted octanol–water partition coefficient (Wildman–Crippen LogP) is 8.17. The van der Waals surface area contributed by atoms with E-state index in [9.17, 15) is 0 Å². The highest BCUT2D eigenvalue weighted by Crippen LogP contribution is 2.49. The summed E-state index contributed by atoms with van der Waals surface area (Å²) in [5.74, 6) is -1.16. The first-order valence-electron chi connectivity index (χ1n) is 18.4. The summed E-state index contributed by atoms with van der Waals surface area (Å²) in [5, 5.41) is 9.14. The Labute approximate surface area is 282 Å². The van der Waals surface area contributed by atoms with Gasteiger partial charge < -0.3 is 28.4 Å². The van der Waals surface area contributed by atoms with Crippen molar-refractivity contribution in [2.75, 3.05) is 33.0 Å². The molecule has 0 amide bonds. The van der Waals surface area contributed by atoms with Crippen LogP contribution < -0.4 is 0 Å². The highest BCUT2D eigenvalue weighted by Gasteiger charge is 2.61. The van der Waals surface area contributed by atoms with Crippen molar-refractivity contribution in [3.8, 4) is 0 Å². The summed E-state index contributed by atoms with van der Waals surface area (Å²) >= 11 is 0. The maximum atomic E-state index is 7.17. The number of nitrogens with one attached hydrogen (secondary N) is 1. The van der Waals surface area contributed by atoms with Gasteiger partial charge in [0.25, 0.3) is 0 Å². The Morgan fingerprint density at radius 3 is 2.11 bits per heavy atom. The van der Waals surface area contributed by atoms with E-state index in [0.717, 1.165) is 91.9 Å². The second-order valence-corrected chi connectivity index (χ2v) is 13.1. The van der Waals surface area contributed by atoms with Crippen molar-refractivity contribution < 1.29 is 28.4 Å². The zero-order chi connectivity index (χ0) is 33.1. The van der Waals surface area contributed by atoms with Crippen LogP contribution in [0.4, 0.5) is 0 Å². The van der Waals surface area contributed by atoms with Crippen LogP contribution in [0, 0.1) is 0 Å². The zero-order valence-corrected chi connectivity index (χ0v) is 29.5. The van der Waals surface area contributed by atoms with Gasteiger partial charge in [0.1, 0.15) is 24.4 Å². The van der Waals surface area contributed by atoms with E-state index in [1.807, 2.05) is 0 Å². The molecule has 0 bridgehead atoms. The summed E-state index contributed by atoms with van der Waals surface area (Å²) in [6.07, 6.45) is 8.20. The largest absolute Gasteiger partial charge is 0.379 e. The van der Waals surface area contributed by atoms with Gasteiger partial charge in [-0.05, 0) is 60.9 Å². The van der Waals surface area contributed by atoms with Crippen LogP contribution in [0.2, 0.25) is 0 Å². The number of aromatic amines is 1. The monoisotopic (exact) mass is 650 g/mol. The second kappa shape index (κ2) is 17.9. The molecule has 1 spiro atoms. The van der Waals surface area contributed by atoms with Gasteiger partial charge in [-0.3, -0.25) is 5.10 Å².